The third-order valence-electron chi connectivity index (χ3n) is 2.45. The molecule has 0 saturated heterocycles. The summed E-state index contributed by atoms with van der Waals surface area (Å²) in [6, 6.07) is 8.68. The molecule has 0 aliphatic carbocycles. The first-order valence-electron chi connectivity index (χ1n) is 4.68. The molecule has 1 aromatic carbocycles. The Morgan fingerprint density at radius 3 is 2.93 bits per heavy atom. The van der Waals surface area contributed by atoms with Crippen molar-refractivity contribution in [3.8, 4) is 0 Å². The second-order valence-corrected chi connectivity index (χ2v) is 5.55. The lowest BCUT2D eigenvalue weighted by atomic mass is 10.1. The largest absolute Gasteiger partial charge is 0.244 e. The van der Waals surface area contributed by atoms with Crippen LogP contribution in [0.4, 0.5) is 0 Å². The molecule has 0 aliphatic rings. The zero-order valence-electron chi connectivity index (χ0n) is 8.12. The van der Waals surface area contributed by atoms with Crippen LogP contribution in [0.5, 0.6) is 0 Å². The Morgan fingerprint density at radius 2 is 2.07 bits per heavy atom. The van der Waals surface area contributed by atoms with Gasteiger partial charge in [0.1, 0.15) is 4.83 Å². The number of aromatic nitrogens is 1. The normalized spacial score (nSPS) is 11.3. The van der Waals surface area contributed by atoms with Crippen LogP contribution in [0.2, 0.25) is 0 Å². The molecule has 0 spiro atoms. The van der Waals surface area contributed by atoms with Crippen molar-refractivity contribution in [2.75, 3.05) is 0 Å². The minimum atomic E-state index is 1.04. The summed E-state index contributed by atoms with van der Waals surface area (Å²) >= 11 is 5.21. The zero-order valence-corrected chi connectivity index (χ0v) is 10.5. The van der Waals surface area contributed by atoms with E-state index < -0.39 is 0 Å². The van der Waals surface area contributed by atoms with Crippen LogP contribution >= 0.6 is 27.3 Å². The number of benzene rings is 1. The minimum absolute atomic E-state index is 1.04. The summed E-state index contributed by atoms with van der Waals surface area (Å²) in [5.74, 6) is 0. The minimum Gasteiger partial charge on any atom is -0.244 e. The maximum absolute atomic E-state index is 4.42. The monoisotopic (exact) mass is 277 g/mol. The second kappa shape index (κ2) is 3.29. The Labute approximate surface area is 99.9 Å². The lowest BCUT2D eigenvalue weighted by Crippen LogP contribution is -1.73. The van der Waals surface area contributed by atoms with Crippen LogP contribution in [0.1, 0.15) is 5.56 Å². The molecular weight excluding hydrogens is 270 g/mol. The Balaban J connectivity index is 2.55. The lowest BCUT2D eigenvalue weighted by molar-refractivity contribution is 1.42. The molecule has 15 heavy (non-hydrogen) atoms. The van der Waals surface area contributed by atoms with Crippen molar-refractivity contribution in [2.45, 2.75) is 6.92 Å². The van der Waals surface area contributed by atoms with E-state index in [1.807, 2.05) is 6.20 Å². The highest BCUT2D eigenvalue weighted by atomic mass is 79.9. The maximum Gasteiger partial charge on any atom is 0.124 e. The van der Waals surface area contributed by atoms with E-state index in [0.29, 0.717) is 0 Å². The third kappa shape index (κ3) is 1.46. The van der Waals surface area contributed by atoms with E-state index in [2.05, 4.69) is 52.1 Å². The van der Waals surface area contributed by atoms with Crippen LogP contribution in [-0.2, 0) is 0 Å². The summed E-state index contributed by atoms with van der Waals surface area (Å²) in [4.78, 5) is 5.53. The number of pyridine rings is 1. The van der Waals surface area contributed by atoms with Gasteiger partial charge < -0.3 is 0 Å². The topological polar surface area (TPSA) is 12.9 Å². The van der Waals surface area contributed by atoms with E-state index in [-0.39, 0.29) is 0 Å². The highest BCUT2D eigenvalue weighted by Crippen LogP contribution is 2.34. The van der Waals surface area contributed by atoms with Crippen molar-refractivity contribution >= 4 is 47.6 Å². The van der Waals surface area contributed by atoms with Crippen molar-refractivity contribution in [1.82, 2.24) is 4.98 Å². The van der Waals surface area contributed by atoms with Gasteiger partial charge in [-0.2, -0.15) is 0 Å². The summed E-state index contributed by atoms with van der Waals surface area (Å²) in [5.41, 5.74) is 1.29. The average Bonchev–Trinajstić information content (AvgIpc) is 2.56. The number of rotatable bonds is 0. The number of aryl methyl sites for hydroxylation is 1. The average molecular weight is 278 g/mol. The van der Waals surface area contributed by atoms with Crippen LogP contribution in [0, 0.1) is 6.92 Å². The molecule has 3 heteroatoms. The van der Waals surface area contributed by atoms with E-state index >= 15 is 0 Å². The molecule has 3 rings (SSSR count). The number of hydrogen-bond acceptors (Lipinski definition) is 2. The first-order chi connectivity index (χ1) is 7.24. The van der Waals surface area contributed by atoms with E-state index in [1.165, 1.54) is 21.0 Å². The highest BCUT2D eigenvalue weighted by molar-refractivity contribution is 9.10. The number of halogens is 1. The van der Waals surface area contributed by atoms with Gasteiger partial charge in [0, 0.05) is 26.1 Å². The quantitative estimate of drug-likeness (QED) is 0.589. The van der Waals surface area contributed by atoms with Crippen LogP contribution in [-0.4, -0.2) is 4.98 Å². The van der Waals surface area contributed by atoms with Crippen LogP contribution in [0.25, 0.3) is 20.3 Å². The van der Waals surface area contributed by atoms with Gasteiger partial charge in [-0.3, -0.25) is 0 Å². The SMILES string of the molecule is Cc1ccc2sc3ncc(Br)cc3c2c1. The van der Waals surface area contributed by atoms with E-state index in [9.17, 15) is 0 Å². The number of thiophene rings is 1. The van der Waals surface area contributed by atoms with Crippen molar-refractivity contribution in [2.24, 2.45) is 0 Å². The van der Waals surface area contributed by atoms with E-state index in [4.69, 9.17) is 0 Å². The van der Waals surface area contributed by atoms with Crippen molar-refractivity contribution < 1.29 is 0 Å². The van der Waals surface area contributed by atoms with Crippen LogP contribution in [0.3, 0.4) is 0 Å². The molecule has 0 saturated carbocycles. The molecule has 3 aromatic rings. The zero-order chi connectivity index (χ0) is 10.4. The van der Waals surface area contributed by atoms with Crippen LogP contribution in [0.15, 0.2) is 34.9 Å². The third-order valence-corrected chi connectivity index (χ3v) is 3.98. The first kappa shape index (κ1) is 9.31. The molecule has 74 valence electrons. The summed E-state index contributed by atoms with van der Waals surface area (Å²) in [6.07, 6.45) is 1.85. The molecule has 0 amide bonds. The Hall–Kier alpha value is -0.930. The second-order valence-electron chi connectivity index (χ2n) is 3.61. The molecule has 2 heterocycles. The van der Waals surface area contributed by atoms with Gasteiger partial charge in [-0.05, 0) is 41.1 Å². The number of fused-ring (bicyclic) bond motifs is 3. The predicted molar refractivity (Wildman–Crippen MR) is 69.6 cm³/mol. The molecule has 0 unspecified atom stereocenters. The number of hydrogen-bond donors (Lipinski definition) is 0. The fraction of sp³-hybridized carbons (Fsp3) is 0.0833. The predicted octanol–water partition coefficient (Wildman–Crippen LogP) is 4.52. The Morgan fingerprint density at radius 1 is 1.20 bits per heavy atom. The molecule has 1 nitrogen and oxygen atoms in total. The van der Waals surface area contributed by atoms with Gasteiger partial charge in [0.25, 0.3) is 0 Å². The molecule has 0 N–H and O–H groups in total. The van der Waals surface area contributed by atoms with E-state index in [1.54, 1.807) is 11.3 Å². The van der Waals surface area contributed by atoms with Gasteiger partial charge in [-0.25, -0.2) is 4.98 Å². The molecule has 0 radical (unpaired) electrons. The smallest absolute Gasteiger partial charge is 0.124 e. The molecular formula is C12H8BrNS. The highest BCUT2D eigenvalue weighted by Gasteiger charge is 2.06. The van der Waals surface area contributed by atoms with Crippen molar-refractivity contribution in [3.63, 3.8) is 0 Å². The molecule has 2 aromatic heterocycles. The lowest BCUT2D eigenvalue weighted by Gasteiger charge is -1.94. The van der Waals surface area contributed by atoms with Gasteiger partial charge in [-0.1, -0.05) is 11.6 Å². The van der Waals surface area contributed by atoms with Gasteiger partial charge in [0.2, 0.25) is 0 Å². The standard InChI is InChI=1S/C12H8BrNS/c1-7-2-3-11-9(4-7)10-5-8(13)6-14-12(10)15-11/h2-6H,1H3. The van der Waals surface area contributed by atoms with Gasteiger partial charge in [0.05, 0.1) is 0 Å². The maximum atomic E-state index is 4.42. The Bertz CT molecular complexity index is 601. The summed E-state index contributed by atoms with van der Waals surface area (Å²) in [7, 11) is 0. The molecule has 0 atom stereocenters. The summed E-state index contributed by atoms with van der Waals surface area (Å²) in [6.45, 7) is 2.12. The van der Waals surface area contributed by atoms with Crippen LogP contribution < -0.4 is 0 Å². The number of nitrogens with zero attached hydrogens (tertiary/aromatic N) is 1. The van der Waals surface area contributed by atoms with Gasteiger partial charge >= 0.3 is 0 Å². The molecule has 0 bridgehead atoms. The van der Waals surface area contributed by atoms with Gasteiger partial charge in [-0.15, -0.1) is 11.3 Å². The van der Waals surface area contributed by atoms with Crippen molar-refractivity contribution in [1.29, 1.82) is 0 Å². The first-order valence-corrected chi connectivity index (χ1v) is 6.29. The fourth-order valence-corrected chi connectivity index (χ4v) is 3.09. The molecule has 0 fully saturated rings. The summed E-state index contributed by atoms with van der Waals surface area (Å²) in [5, 5.41) is 2.55. The fourth-order valence-electron chi connectivity index (χ4n) is 1.75. The van der Waals surface area contributed by atoms with Gasteiger partial charge in [0.15, 0.2) is 0 Å². The molecule has 0 aliphatic heterocycles. The van der Waals surface area contributed by atoms with Crippen molar-refractivity contribution in [3.05, 3.63) is 40.5 Å². The Kier molecular flexibility index (Phi) is 2.04. The summed E-state index contributed by atoms with van der Waals surface area (Å²) < 4.78 is 2.34. The van der Waals surface area contributed by atoms with E-state index in [0.717, 1.165) is 9.30 Å².